The van der Waals surface area contributed by atoms with Gasteiger partial charge in [-0.05, 0) is 0 Å². The van der Waals surface area contributed by atoms with Gasteiger partial charge in [0.25, 0.3) is 0 Å². The first kappa shape index (κ1) is 11.4. The van der Waals surface area contributed by atoms with Crippen molar-refractivity contribution >= 4 is 5.82 Å². The van der Waals surface area contributed by atoms with Gasteiger partial charge in [0.05, 0.1) is 24.3 Å². The Bertz CT molecular complexity index is 725. The van der Waals surface area contributed by atoms with Crippen molar-refractivity contribution in [1.29, 1.82) is 0 Å². The van der Waals surface area contributed by atoms with Crippen LogP contribution in [-0.2, 0) is 14.1 Å². The lowest BCUT2D eigenvalue weighted by Gasteiger charge is -2.03. The third-order valence-corrected chi connectivity index (χ3v) is 2.78. The second-order valence-corrected chi connectivity index (χ2v) is 4.29. The highest BCUT2D eigenvalue weighted by Crippen LogP contribution is 2.24. The maximum absolute atomic E-state index is 5.88. The van der Waals surface area contributed by atoms with Gasteiger partial charge in [-0.1, -0.05) is 0 Å². The Morgan fingerprint density at radius 3 is 2.16 bits per heavy atom. The second-order valence-electron chi connectivity index (χ2n) is 4.29. The quantitative estimate of drug-likeness (QED) is 0.733. The van der Waals surface area contributed by atoms with E-state index in [9.17, 15) is 0 Å². The van der Waals surface area contributed by atoms with Crippen molar-refractivity contribution in [3.05, 3.63) is 31.0 Å². The summed E-state index contributed by atoms with van der Waals surface area (Å²) in [4.78, 5) is 8.74. The van der Waals surface area contributed by atoms with E-state index in [1.54, 1.807) is 28.0 Å². The van der Waals surface area contributed by atoms with Crippen molar-refractivity contribution in [3.63, 3.8) is 0 Å². The minimum absolute atomic E-state index is 0.389. The lowest BCUT2D eigenvalue weighted by molar-refractivity contribution is 0.768. The highest BCUT2D eigenvalue weighted by Gasteiger charge is 2.11. The van der Waals surface area contributed by atoms with E-state index in [-0.39, 0.29) is 0 Å². The van der Waals surface area contributed by atoms with Gasteiger partial charge in [0.2, 0.25) is 0 Å². The Morgan fingerprint density at radius 2 is 1.58 bits per heavy atom. The summed E-state index contributed by atoms with van der Waals surface area (Å²) >= 11 is 0. The largest absolute Gasteiger partial charge is 0.382 e. The molecule has 2 N–H and O–H groups in total. The number of hydrogen-bond donors (Lipinski definition) is 1. The molecule has 96 valence electrons. The zero-order chi connectivity index (χ0) is 13.4. The standard InChI is InChI=1S/C12H13N7/c1-18-6-8(3-15-18)10-5-14-12(13)11(17-10)9-4-16-19(2)7-9/h3-7H,1-2H3,(H2,13,14). The number of nitrogens with two attached hydrogens (primary N) is 1. The van der Waals surface area contributed by atoms with Crippen molar-refractivity contribution in [2.75, 3.05) is 5.73 Å². The van der Waals surface area contributed by atoms with Crippen LogP contribution in [0.5, 0.6) is 0 Å². The summed E-state index contributed by atoms with van der Waals surface area (Å²) in [6, 6.07) is 0. The van der Waals surface area contributed by atoms with Gasteiger partial charge in [0.1, 0.15) is 11.5 Å². The minimum atomic E-state index is 0.389. The molecular formula is C12H13N7. The number of hydrogen-bond acceptors (Lipinski definition) is 5. The normalized spacial score (nSPS) is 10.8. The third-order valence-electron chi connectivity index (χ3n) is 2.78. The summed E-state index contributed by atoms with van der Waals surface area (Å²) in [5.41, 5.74) is 9.00. The maximum Gasteiger partial charge on any atom is 0.150 e. The van der Waals surface area contributed by atoms with Gasteiger partial charge in [-0.25, -0.2) is 9.97 Å². The summed E-state index contributed by atoms with van der Waals surface area (Å²) in [6.07, 6.45) is 8.84. The topological polar surface area (TPSA) is 87.4 Å². The average Bonchev–Trinajstić information content (AvgIpc) is 2.99. The van der Waals surface area contributed by atoms with E-state index in [0.29, 0.717) is 11.5 Å². The molecule has 0 radical (unpaired) electrons. The van der Waals surface area contributed by atoms with E-state index >= 15 is 0 Å². The first-order chi connectivity index (χ1) is 9.13. The number of aryl methyl sites for hydroxylation is 2. The summed E-state index contributed by atoms with van der Waals surface area (Å²) in [6.45, 7) is 0. The van der Waals surface area contributed by atoms with Crippen molar-refractivity contribution in [2.24, 2.45) is 14.1 Å². The van der Waals surface area contributed by atoms with Crippen LogP contribution in [0, 0.1) is 0 Å². The molecule has 0 aromatic carbocycles. The molecule has 0 saturated heterocycles. The summed E-state index contributed by atoms with van der Waals surface area (Å²) in [5.74, 6) is 0.389. The highest BCUT2D eigenvalue weighted by molar-refractivity contribution is 5.71. The molecule has 0 bridgehead atoms. The predicted octanol–water partition coefficient (Wildman–Crippen LogP) is 0.860. The fourth-order valence-corrected chi connectivity index (χ4v) is 1.85. The zero-order valence-electron chi connectivity index (χ0n) is 10.6. The van der Waals surface area contributed by atoms with E-state index in [1.807, 2.05) is 26.5 Å². The maximum atomic E-state index is 5.88. The van der Waals surface area contributed by atoms with Crippen molar-refractivity contribution in [2.45, 2.75) is 0 Å². The van der Waals surface area contributed by atoms with Crippen LogP contribution in [-0.4, -0.2) is 29.5 Å². The van der Waals surface area contributed by atoms with Crippen LogP contribution in [0.1, 0.15) is 0 Å². The molecule has 0 fully saturated rings. The van der Waals surface area contributed by atoms with Crippen LogP contribution in [0.2, 0.25) is 0 Å². The summed E-state index contributed by atoms with van der Waals surface area (Å²) < 4.78 is 3.42. The number of anilines is 1. The molecule has 7 nitrogen and oxygen atoms in total. The molecule has 0 spiro atoms. The Balaban J connectivity index is 2.10. The Morgan fingerprint density at radius 1 is 0.947 bits per heavy atom. The molecular weight excluding hydrogens is 242 g/mol. The SMILES string of the molecule is Cn1cc(-c2cnc(N)c(-c3cnn(C)c3)n2)cn1. The van der Waals surface area contributed by atoms with Gasteiger partial charge in [-0.2, -0.15) is 10.2 Å². The molecule has 7 heteroatoms. The Labute approximate surface area is 109 Å². The minimum Gasteiger partial charge on any atom is -0.382 e. The molecule has 0 aliphatic carbocycles. The van der Waals surface area contributed by atoms with E-state index < -0.39 is 0 Å². The molecule has 3 aromatic rings. The number of nitrogen functional groups attached to an aromatic ring is 1. The number of nitrogens with zero attached hydrogens (tertiary/aromatic N) is 6. The van der Waals surface area contributed by atoms with Gasteiger partial charge in [0.15, 0.2) is 0 Å². The van der Waals surface area contributed by atoms with E-state index in [0.717, 1.165) is 16.8 Å². The molecule has 0 saturated carbocycles. The third kappa shape index (κ3) is 2.05. The second kappa shape index (κ2) is 4.20. The summed E-state index contributed by atoms with van der Waals surface area (Å²) in [5, 5.41) is 8.24. The zero-order valence-corrected chi connectivity index (χ0v) is 10.6. The van der Waals surface area contributed by atoms with E-state index in [4.69, 9.17) is 5.73 Å². The molecule has 0 unspecified atom stereocenters. The van der Waals surface area contributed by atoms with E-state index in [1.165, 1.54) is 0 Å². The number of aromatic nitrogens is 6. The van der Waals surface area contributed by atoms with Crippen LogP contribution in [0.4, 0.5) is 5.82 Å². The monoisotopic (exact) mass is 255 g/mol. The van der Waals surface area contributed by atoms with Crippen LogP contribution in [0.3, 0.4) is 0 Å². The molecule has 0 aliphatic heterocycles. The molecule has 0 amide bonds. The van der Waals surface area contributed by atoms with Gasteiger partial charge in [-0.3, -0.25) is 9.36 Å². The fourth-order valence-electron chi connectivity index (χ4n) is 1.85. The van der Waals surface area contributed by atoms with Crippen molar-refractivity contribution in [3.8, 4) is 22.5 Å². The van der Waals surface area contributed by atoms with Crippen LogP contribution >= 0.6 is 0 Å². The smallest absolute Gasteiger partial charge is 0.150 e. The van der Waals surface area contributed by atoms with Gasteiger partial charge < -0.3 is 5.73 Å². The molecule has 19 heavy (non-hydrogen) atoms. The van der Waals surface area contributed by atoms with E-state index in [2.05, 4.69) is 20.2 Å². The molecule has 3 rings (SSSR count). The summed E-state index contributed by atoms with van der Waals surface area (Å²) in [7, 11) is 3.70. The first-order valence-electron chi connectivity index (χ1n) is 5.74. The molecule has 0 atom stereocenters. The van der Waals surface area contributed by atoms with Crippen LogP contribution < -0.4 is 5.73 Å². The van der Waals surface area contributed by atoms with Crippen LogP contribution in [0.25, 0.3) is 22.5 Å². The molecule has 0 aliphatic rings. The molecule has 3 heterocycles. The van der Waals surface area contributed by atoms with Crippen molar-refractivity contribution in [1.82, 2.24) is 29.5 Å². The Hall–Kier alpha value is -2.70. The lowest BCUT2D eigenvalue weighted by Crippen LogP contribution is -1.98. The van der Waals surface area contributed by atoms with Crippen molar-refractivity contribution < 1.29 is 0 Å². The fraction of sp³-hybridized carbons (Fsp3) is 0.167. The highest BCUT2D eigenvalue weighted by atomic mass is 15.2. The Kier molecular flexibility index (Phi) is 2.52. The van der Waals surface area contributed by atoms with Gasteiger partial charge in [-0.15, -0.1) is 0 Å². The van der Waals surface area contributed by atoms with Gasteiger partial charge >= 0.3 is 0 Å². The lowest BCUT2D eigenvalue weighted by atomic mass is 10.2. The number of rotatable bonds is 2. The first-order valence-corrected chi connectivity index (χ1v) is 5.74. The van der Waals surface area contributed by atoms with Crippen LogP contribution in [0.15, 0.2) is 31.0 Å². The molecule has 3 aromatic heterocycles. The van der Waals surface area contributed by atoms with Gasteiger partial charge in [0, 0.05) is 37.6 Å². The average molecular weight is 255 g/mol. The predicted molar refractivity (Wildman–Crippen MR) is 70.8 cm³/mol.